The molecule has 3 rings (SSSR count). The number of methoxy groups -OCH3 is 1. The van der Waals surface area contributed by atoms with Gasteiger partial charge in [0.15, 0.2) is 0 Å². The third-order valence-electron chi connectivity index (χ3n) is 4.02. The van der Waals surface area contributed by atoms with Crippen molar-refractivity contribution in [2.24, 2.45) is 5.10 Å². The van der Waals surface area contributed by atoms with Crippen LogP contribution in [0.1, 0.15) is 5.56 Å². The Labute approximate surface area is 163 Å². The molecule has 1 heterocycles. The Kier molecular flexibility index (Phi) is 5.49. The van der Waals surface area contributed by atoms with Gasteiger partial charge in [0.2, 0.25) is 5.76 Å². The summed E-state index contributed by atoms with van der Waals surface area (Å²) >= 11 is 0. The minimum Gasteiger partial charge on any atom is -0.490 e. The normalized spacial score (nSPS) is 13.8. The maximum absolute atomic E-state index is 11.8. The number of cyclic esters (lactones) is 1. The molecular formula is C18H14N4O7. The van der Waals surface area contributed by atoms with E-state index in [4.69, 9.17) is 9.47 Å². The van der Waals surface area contributed by atoms with Gasteiger partial charge in [-0.05, 0) is 6.07 Å². The molecular weight excluding hydrogens is 384 g/mol. The van der Waals surface area contributed by atoms with Crippen molar-refractivity contribution in [1.82, 2.24) is 0 Å². The predicted octanol–water partition coefficient (Wildman–Crippen LogP) is 2.78. The smallest absolute Gasteiger partial charge is 0.374 e. The van der Waals surface area contributed by atoms with Gasteiger partial charge in [-0.3, -0.25) is 25.7 Å². The molecule has 0 radical (unpaired) electrons. The number of hydrazone groups is 1. The van der Waals surface area contributed by atoms with Crippen LogP contribution in [0.5, 0.6) is 0 Å². The van der Waals surface area contributed by atoms with Gasteiger partial charge in [0, 0.05) is 11.6 Å². The number of esters is 1. The van der Waals surface area contributed by atoms with E-state index < -0.39 is 27.2 Å². The molecule has 148 valence electrons. The van der Waals surface area contributed by atoms with E-state index in [-0.39, 0.29) is 23.8 Å². The quantitative estimate of drug-likeness (QED) is 0.324. The molecule has 29 heavy (non-hydrogen) atoms. The van der Waals surface area contributed by atoms with Crippen LogP contribution in [0.3, 0.4) is 0 Å². The topological polar surface area (TPSA) is 146 Å². The van der Waals surface area contributed by atoms with Gasteiger partial charge in [-0.2, -0.15) is 5.10 Å². The molecule has 0 unspecified atom stereocenters. The Balaban J connectivity index is 2.07. The third kappa shape index (κ3) is 4.03. The fourth-order valence-electron chi connectivity index (χ4n) is 2.67. The van der Waals surface area contributed by atoms with Gasteiger partial charge in [0.1, 0.15) is 18.0 Å². The molecule has 0 atom stereocenters. The summed E-state index contributed by atoms with van der Waals surface area (Å²) in [5.74, 6) is -0.667. The highest BCUT2D eigenvalue weighted by Gasteiger charge is 2.30. The average molecular weight is 398 g/mol. The SMILES string of the molecule is COC1=C(/C(=N\Nc2ccc([N+](=O)[O-])cc2[N+](=O)[O-])c2ccccc2)COC1=O. The summed E-state index contributed by atoms with van der Waals surface area (Å²) < 4.78 is 10.1. The Hall–Kier alpha value is -4.28. The lowest BCUT2D eigenvalue weighted by Crippen LogP contribution is -2.12. The Morgan fingerprint density at radius 2 is 1.86 bits per heavy atom. The lowest BCUT2D eigenvalue weighted by molar-refractivity contribution is -0.393. The molecule has 2 aromatic carbocycles. The van der Waals surface area contributed by atoms with Gasteiger partial charge in [-0.25, -0.2) is 4.79 Å². The van der Waals surface area contributed by atoms with Crippen LogP contribution in [-0.4, -0.2) is 35.2 Å². The lowest BCUT2D eigenvalue weighted by Gasteiger charge is -2.09. The Bertz CT molecular complexity index is 1050. The minimum atomic E-state index is -0.755. The van der Waals surface area contributed by atoms with Crippen LogP contribution in [0.4, 0.5) is 17.1 Å². The second kappa shape index (κ2) is 8.17. The zero-order chi connectivity index (χ0) is 21.0. The largest absolute Gasteiger partial charge is 0.490 e. The molecule has 1 aliphatic rings. The van der Waals surface area contributed by atoms with E-state index in [1.807, 2.05) is 0 Å². The first-order valence-corrected chi connectivity index (χ1v) is 8.19. The summed E-state index contributed by atoms with van der Waals surface area (Å²) in [5.41, 5.74) is 2.81. The molecule has 0 saturated carbocycles. The molecule has 0 aromatic heterocycles. The number of nitrogens with zero attached hydrogens (tertiary/aromatic N) is 3. The molecule has 1 aliphatic heterocycles. The van der Waals surface area contributed by atoms with Crippen molar-refractivity contribution in [2.45, 2.75) is 0 Å². The minimum absolute atomic E-state index is 0.0207. The number of hydrogen-bond acceptors (Lipinski definition) is 9. The third-order valence-corrected chi connectivity index (χ3v) is 4.02. The summed E-state index contributed by atoms with van der Waals surface area (Å²) in [5, 5.41) is 26.4. The van der Waals surface area contributed by atoms with Crippen molar-refractivity contribution in [3.63, 3.8) is 0 Å². The maximum Gasteiger partial charge on any atom is 0.374 e. The molecule has 2 aromatic rings. The van der Waals surface area contributed by atoms with Crippen LogP contribution in [0.2, 0.25) is 0 Å². The number of rotatable bonds is 7. The fraction of sp³-hybridized carbons (Fsp3) is 0.111. The number of non-ortho nitro benzene ring substituents is 1. The summed E-state index contributed by atoms with van der Waals surface area (Å²) in [4.78, 5) is 32.5. The van der Waals surface area contributed by atoms with E-state index >= 15 is 0 Å². The number of nitrogens with one attached hydrogen (secondary N) is 1. The molecule has 11 nitrogen and oxygen atoms in total. The summed E-state index contributed by atoms with van der Waals surface area (Å²) in [6, 6.07) is 11.9. The first-order valence-electron chi connectivity index (χ1n) is 8.19. The zero-order valence-corrected chi connectivity index (χ0v) is 15.0. The van der Waals surface area contributed by atoms with Crippen molar-refractivity contribution < 1.29 is 24.1 Å². The molecule has 0 spiro atoms. The monoisotopic (exact) mass is 398 g/mol. The van der Waals surface area contributed by atoms with E-state index in [1.165, 1.54) is 13.2 Å². The van der Waals surface area contributed by atoms with Crippen LogP contribution >= 0.6 is 0 Å². The van der Waals surface area contributed by atoms with E-state index in [0.717, 1.165) is 12.1 Å². The van der Waals surface area contributed by atoms with Crippen molar-refractivity contribution in [3.8, 4) is 0 Å². The van der Waals surface area contributed by atoms with Crippen molar-refractivity contribution in [1.29, 1.82) is 0 Å². The van der Waals surface area contributed by atoms with Crippen molar-refractivity contribution in [3.05, 3.63) is 85.7 Å². The van der Waals surface area contributed by atoms with Crippen LogP contribution in [0.25, 0.3) is 0 Å². The van der Waals surface area contributed by atoms with Gasteiger partial charge >= 0.3 is 11.7 Å². The van der Waals surface area contributed by atoms with E-state index in [9.17, 15) is 25.0 Å². The van der Waals surface area contributed by atoms with Gasteiger partial charge in [-0.1, -0.05) is 30.3 Å². The van der Waals surface area contributed by atoms with Gasteiger partial charge in [0.25, 0.3) is 5.69 Å². The number of carbonyl (C=O) groups excluding carboxylic acids is 1. The number of benzene rings is 2. The molecule has 1 N–H and O–H groups in total. The Morgan fingerprint density at radius 3 is 2.48 bits per heavy atom. The highest BCUT2D eigenvalue weighted by molar-refractivity contribution is 6.17. The lowest BCUT2D eigenvalue weighted by atomic mass is 10.0. The van der Waals surface area contributed by atoms with Crippen molar-refractivity contribution in [2.75, 3.05) is 19.1 Å². The molecule has 11 heteroatoms. The zero-order valence-electron chi connectivity index (χ0n) is 15.0. The van der Waals surface area contributed by atoms with Crippen LogP contribution < -0.4 is 5.43 Å². The van der Waals surface area contributed by atoms with Gasteiger partial charge < -0.3 is 9.47 Å². The summed E-state index contributed by atoms with van der Waals surface area (Å²) in [6.07, 6.45) is 0. The molecule has 0 fully saturated rings. The highest BCUT2D eigenvalue weighted by atomic mass is 16.6. The van der Waals surface area contributed by atoms with E-state index in [0.29, 0.717) is 11.1 Å². The number of carbonyl (C=O) groups is 1. The number of nitro groups is 2. The standard InChI is InChI=1S/C18H14N4O7/c1-28-17-13(10-29-18(17)23)16(11-5-3-2-4-6-11)20-19-14-8-7-12(21(24)25)9-15(14)22(26)27/h2-9,19H,10H2,1H3/b20-16-. The summed E-state index contributed by atoms with van der Waals surface area (Å²) in [7, 11) is 1.32. The van der Waals surface area contributed by atoms with Crippen LogP contribution in [0.15, 0.2) is 65.0 Å². The predicted molar refractivity (Wildman–Crippen MR) is 101 cm³/mol. The highest BCUT2D eigenvalue weighted by Crippen LogP contribution is 2.29. The molecule has 0 aliphatic carbocycles. The number of hydrogen-bond donors (Lipinski definition) is 1. The number of ether oxygens (including phenoxy) is 2. The average Bonchev–Trinajstić information content (AvgIpc) is 3.09. The number of nitro benzene ring substituents is 2. The first-order chi connectivity index (χ1) is 13.9. The van der Waals surface area contributed by atoms with Gasteiger partial charge in [0.05, 0.1) is 28.6 Å². The first kappa shape index (κ1) is 19.5. The number of anilines is 1. The molecule has 0 bridgehead atoms. The molecule has 0 saturated heterocycles. The van der Waals surface area contributed by atoms with E-state index in [2.05, 4.69) is 10.5 Å². The van der Waals surface area contributed by atoms with Gasteiger partial charge in [-0.15, -0.1) is 0 Å². The molecule has 0 amide bonds. The van der Waals surface area contributed by atoms with Crippen molar-refractivity contribution >= 4 is 28.7 Å². The maximum atomic E-state index is 11.8. The van der Waals surface area contributed by atoms with E-state index in [1.54, 1.807) is 30.3 Å². The van der Waals surface area contributed by atoms with Crippen LogP contribution in [-0.2, 0) is 14.3 Å². The fourth-order valence-corrected chi connectivity index (χ4v) is 2.67. The summed E-state index contributed by atoms with van der Waals surface area (Å²) in [6.45, 7) is -0.0836. The second-order valence-corrected chi connectivity index (χ2v) is 5.74. The Morgan fingerprint density at radius 1 is 1.14 bits per heavy atom. The second-order valence-electron chi connectivity index (χ2n) is 5.74. The van der Waals surface area contributed by atoms with Crippen LogP contribution in [0, 0.1) is 20.2 Å².